The van der Waals surface area contributed by atoms with E-state index in [1.165, 1.54) is 23.2 Å². The van der Waals surface area contributed by atoms with E-state index in [-0.39, 0.29) is 7.18 Å². The Labute approximate surface area is 132 Å². The van der Waals surface area contributed by atoms with Gasteiger partial charge in [-0.2, -0.15) is 0 Å². The van der Waals surface area contributed by atoms with Crippen LogP contribution in [0.25, 0.3) is 10.9 Å². The molecule has 0 amide bonds. The number of benzene rings is 1. The third kappa shape index (κ3) is 2.25. The molecule has 1 aliphatic rings. The number of fused-ring (bicyclic) bond motifs is 2. The molecule has 3 aromatic rings. The molecule has 7 heteroatoms. The molecule has 1 aliphatic heterocycles. The zero-order chi connectivity index (χ0) is 15.8. The molecule has 0 saturated heterocycles. The molecule has 118 valence electrons. The van der Waals surface area contributed by atoms with Crippen molar-refractivity contribution in [3.8, 4) is 11.6 Å². The molecule has 0 radical (unpaired) electrons. The van der Waals surface area contributed by atoms with Gasteiger partial charge in [0.05, 0.1) is 11.2 Å². The second-order valence-electron chi connectivity index (χ2n) is 5.27. The maximum atomic E-state index is 14.6. The van der Waals surface area contributed by atoms with Crippen molar-refractivity contribution in [1.82, 2.24) is 19.9 Å². The van der Waals surface area contributed by atoms with Gasteiger partial charge in [0.15, 0.2) is 11.6 Å². The molecule has 3 heterocycles. The largest absolute Gasteiger partial charge is 0.436 e. The summed E-state index contributed by atoms with van der Waals surface area (Å²) < 4.78 is 21.7. The first kappa shape index (κ1) is 13.8. The Morgan fingerprint density at radius 1 is 1.35 bits per heavy atom. The molecular formula is C16H15FN4O2. The third-order valence-corrected chi connectivity index (χ3v) is 3.96. The summed E-state index contributed by atoms with van der Waals surface area (Å²) in [5.41, 5.74) is 2.27. The van der Waals surface area contributed by atoms with Gasteiger partial charge in [0, 0.05) is 25.1 Å². The van der Waals surface area contributed by atoms with E-state index in [9.17, 15) is 9.18 Å². The van der Waals surface area contributed by atoms with Crippen LogP contribution in [0, 0.1) is 5.82 Å². The summed E-state index contributed by atoms with van der Waals surface area (Å²) in [7, 11) is 0. The minimum absolute atomic E-state index is 0. The maximum Gasteiger partial charge on any atom is 0.225 e. The highest BCUT2D eigenvalue weighted by molar-refractivity contribution is 5.87. The zero-order valence-electron chi connectivity index (χ0n) is 12.1. The highest BCUT2D eigenvalue weighted by atomic mass is 19.1. The SMILES string of the molecule is O=Cn1ccc2c(F)c(Oc3ncnc4c3CCNC4)ccc21.[HH]. The van der Waals surface area contributed by atoms with Crippen molar-refractivity contribution in [2.75, 3.05) is 6.54 Å². The maximum absolute atomic E-state index is 14.6. The topological polar surface area (TPSA) is 69.0 Å². The molecule has 1 aromatic carbocycles. The van der Waals surface area contributed by atoms with Gasteiger partial charge in [-0.3, -0.25) is 9.36 Å². The van der Waals surface area contributed by atoms with Crippen LogP contribution in [0.15, 0.2) is 30.7 Å². The molecule has 0 atom stereocenters. The first-order valence-corrected chi connectivity index (χ1v) is 7.23. The Hall–Kier alpha value is -2.80. The van der Waals surface area contributed by atoms with Crippen LogP contribution in [-0.2, 0) is 17.8 Å². The molecule has 4 rings (SSSR count). The number of nitrogens with zero attached hydrogens (tertiary/aromatic N) is 3. The van der Waals surface area contributed by atoms with Gasteiger partial charge in [0.2, 0.25) is 12.3 Å². The van der Waals surface area contributed by atoms with Crippen molar-refractivity contribution < 1.29 is 15.3 Å². The lowest BCUT2D eigenvalue weighted by atomic mass is 10.1. The smallest absolute Gasteiger partial charge is 0.225 e. The average Bonchev–Trinajstić information content (AvgIpc) is 3.01. The number of carbonyl (C=O) groups excluding carboxylic acids is 1. The van der Waals surface area contributed by atoms with Gasteiger partial charge < -0.3 is 10.1 Å². The molecule has 23 heavy (non-hydrogen) atoms. The predicted molar refractivity (Wildman–Crippen MR) is 83.7 cm³/mol. The van der Waals surface area contributed by atoms with Crippen LogP contribution in [0.4, 0.5) is 4.39 Å². The number of hydrogen-bond donors (Lipinski definition) is 1. The van der Waals surface area contributed by atoms with Crippen LogP contribution in [0.1, 0.15) is 12.7 Å². The summed E-state index contributed by atoms with van der Waals surface area (Å²) in [6.07, 6.45) is 4.30. The van der Waals surface area contributed by atoms with Crippen molar-refractivity contribution in [2.45, 2.75) is 13.0 Å². The molecule has 0 bridgehead atoms. The third-order valence-electron chi connectivity index (χ3n) is 3.96. The first-order valence-electron chi connectivity index (χ1n) is 7.23. The number of rotatable bonds is 3. The van der Waals surface area contributed by atoms with Crippen LogP contribution in [-0.4, -0.2) is 27.5 Å². The van der Waals surface area contributed by atoms with E-state index in [4.69, 9.17) is 4.74 Å². The van der Waals surface area contributed by atoms with E-state index in [1.54, 1.807) is 12.1 Å². The Balaban J connectivity index is 0.00000169. The molecule has 0 aliphatic carbocycles. The summed E-state index contributed by atoms with van der Waals surface area (Å²) in [5, 5.41) is 3.55. The fourth-order valence-corrected chi connectivity index (χ4v) is 2.80. The summed E-state index contributed by atoms with van der Waals surface area (Å²) in [4.78, 5) is 19.3. The Kier molecular flexibility index (Phi) is 3.27. The van der Waals surface area contributed by atoms with Gasteiger partial charge in [-0.05, 0) is 31.2 Å². The number of hydrogen-bond acceptors (Lipinski definition) is 5. The van der Waals surface area contributed by atoms with Crippen LogP contribution >= 0.6 is 0 Å². The Bertz CT molecular complexity index is 912. The van der Waals surface area contributed by atoms with Crippen molar-refractivity contribution in [3.05, 3.63) is 47.8 Å². The number of carbonyl (C=O) groups is 1. The molecule has 0 saturated carbocycles. The van der Waals surface area contributed by atoms with Crippen LogP contribution < -0.4 is 10.1 Å². The number of halogens is 1. The monoisotopic (exact) mass is 314 g/mol. The zero-order valence-corrected chi connectivity index (χ0v) is 12.1. The molecule has 2 aromatic heterocycles. The molecule has 6 nitrogen and oxygen atoms in total. The summed E-state index contributed by atoms with van der Waals surface area (Å²) in [5.74, 6) is -0.0467. The van der Waals surface area contributed by atoms with Gasteiger partial charge in [-0.15, -0.1) is 0 Å². The summed E-state index contributed by atoms with van der Waals surface area (Å²) >= 11 is 0. The van der Waals surface area contributed by atoms with Gasteiger partial charge in [0.25, 0.3) is 0 Å². The lowest BCUT2D eigenvalue weighted by Crippen LogP contribution is -2.25. The van der Waals surface area contributed by atoms with Crippen LogP contribution in [0.2, 0.25) is 0 Å². The van der Waals surface area contributed by atoms with E-state index in [2.05, 4.69) is 15.3 Å². The minimum Gasteiger partial charge on any atom is -0.436 e. The highest BCUT2D eigenvalue weighted by Gasteiger charge is 2.19. The number of nitrogens with one attached hydrogen (secondary N) is 1. The lowest BCUT2D eigenvalue weighted by molar-refractivity contribution is 0.418. The second-order valence-corrected chi connectivity index (χ2v) is 5.27. The van der Waals surface area contributed by atoms with E-state index in [0.29, 0.717) is 29.7 Å². The minimum atomic E-state index is -0.510. The first-order chi connectivity index (χ1) is 11.3. The van der Waals surface area contributed by atoms with E-state index >= 15 is 0 Å². The van der Waals surface area contributed by atoms with Gasteiger partial charge in [0.1, 0.15) is 6.33 Å². The summed E-state index contributed by atoms with van der Waals surface area (Å²) in [6.45, 7) is 1.46. The van der Waals surface area contributed by atoms with Crippen LogP contribution in [0.3, 0.4) is 0 Å². The Morgan fingerprint density at radius 2 is 2.26 bits per heavy atom. The van der Waals surface area contributed by atoms with E-state index in [1.807, 2.05) is 0 Å². The molecule has 0 spiro atoms. The van der Waals surface area contributed by atoms with Gasteiger partial charge in [-0.25, -0.2) is 14.4 Å². The fraction of sp³-hybridized carbons (Fsp3) is 0.188. The molecule has 0 unspecified atom stereocenters. The molecular weight excluding hydrogens is 299 g/mol. The quantitative estimate of drug-likeness (QED) is 0.751. The number of aromatic nitrogens is 3. The van der Waals surface area contributed by atoms with Crippen molar-refractivity contribution in [2.24, 2.45) is 0 Å². The number of ether oxygens (including phenoxy) is 1. The van der Waals surface area contributed by atoms with Crippen LogP contribution in [0.5, 0.6) is 11.6 Å². The normalized spacial score (nSPS) is 13.8. The highest BCUT2D eigenvalue weighted by Crippen LogP contribution is 2.32. The van der Waals surface area contributed by atoms with E-state index < -0.39 is 5.82 Å². The Morgan fingerprint density at radius 3 is 3.13 bits per heavy atom. The van der Waals surface area contributed by atoms with Crippen molar-refractivity contribution in [3.63, 3.8) is 0 Å². The van der Waals surface area contributed by atoms with E-state index in [0.717, 1.165) is 24.2 Å². The summed E-state index contributed by atoms with van der Waals surface area (Å²) in [6, 6.07) is 4.70. The standard InChI is InChI=1S/C16H13FN4O2.H2/c17-15-11-4-6-21(9-22)13(11)1-2-14(15)23-16-10-3-5-18-7-12(10)19-8-20-16;/h1-2,4,6,8-9,18H,3,5,7H2;1H. The lowest BCUT2D eigenvalue weighted by Gasteiger charge is -2.18. The van der Waals surface area contributed by atoms with Crippen molar-refractivity contribution in [1.29, 1.82) is 0 Å². The predicted octanol–water partition coefficient (Wildman–Crippen LogP) is 2.29. The molecule has 1 N–H and O–H groups in total. The van der Waals surface area contributed by atoms with Gasteiger partial charge >= 0.3 is 0 Å². The second kappa shape index (κ2) is 5.44. The average molecular weight is 314 g/mol. The fourth-order valence-electron chi connectivity index (χ4n) is 2.80. The van der Waals surface area contributed by atoms with Crippen molar-refractivity contribution >= 4 is 17.3 Å². The van der Waals surface area contributed by atoms with Gasteiger partial charge in [-0.1, -0.05) is 0 Å². The molecule has 0 fully saturated rings.